The lowest BCUT2D eigenvalue weighted by atomic mass is 9.95. The van der Waals surface area contributed by atoms with E-state index in [2.05, 4.69) is 47.0 Å². The first kappa shape index (κ1) is 12.3. The number of aromatic nitrogens is 1. The zero-order chi connectivity index (χ0) is 11.5. The van der Waals surface area contributed by atoms with Gasteiger partial charge in [0.1, 0.15) is 0 Å². The monoisotopic (exact) mass is 271 g/mol. The summed E-state index contributed by atoms with van der Waals surface area (Å²) in [6, 6.07) is 0. The zero-order valence-corrected chi connectivity index (χ0v) is 11.1. The molecule has 84 valence electrons. The Balaban J connectivity index is 2.98. The maximum Gasteiger partial charge on any atom is 0.0754 e. The average Bonchev–Trinajstić information content (AvgIpc) is 2.23. The Bertz CT molecular complexity index is 314. The Morgan fingerprint density at radius 2 is 2.00 bits per heavy atom. The second-order valence-electron chi connectivity index (χ2n) is 3.98. The minimum atomic E-state index is 0.0813. The first-order chi connectivity index (χ1) is 7.02. The first-order valence-corrected chi connectivity index (χ1v) is 5.99. The van der Waals surface area contributed by atoms with Crippen LogP contribution in [0.2, 0.25) is 0 Å². The van der Waals surface area contributed by atoms with E-state index in [1.54, 1.807) is 12.4 Å². The Hall–Kier alpha value is -0.770. The van der Waals surface area contributed by atoms with Gasteiger partial charge in [-0.25, -0.2) is 0 Å². The number of anilines is 2. The third kappa shape index (κ3) is 2.84. The minimum absolute atomic E-state index is 0.0813. The van der Waals surface area contributed by atoms with Crippen molar-refractivity contribution in [3.63, 3.8) is 0 Å². The van der Waals surface area contributed by atoms with Gasteiger partial charge in [-0.2, -0.15) is 0 Å². The largest absolute Gasteiger partial charge is 0.396 e. The number of rotatable bonds is 4. The predicted molar refractivity (Wildman–Crippen MR) is 69.0 cm³/mol. The molecule has 1 aromatic rings. The number of nitrogens with two attached hydrogens (primary N) is 1. The number of nitrogens with one attached hydrogen (secondary N) is 1. The van der Waals surface area contributed by atoms with Crippen molar-refractivity contribution >= 4 is 27.3 Å². The van der Waals surface area contributed by atoms with Crippen LogP contribution >= 0.6 is 15.9 Å². The third-order valence-corrected chi connectivity index (χ3v) is 3.52. The summed E-state index contributed by atoms with van der Waals surface area (Å²) in [5, 5.41) is 3.48. The molecule has 1 aromatic heterocycles. The van der Waals surface area contributed by atoms with Gasteiger partial charge in [-0.05, 0) is 35.7 Å². The average molecular weight is 272 g/mol. The van der Waals surface area contributed by atoms with Gasteiger partial charge < -0.3 is 11.1 Å². The van der Waals surface area contributed by atoms with Gasteiger partial charge in [0.2, 0.25) is 0 Å². The molecule has 0 unspecified atom stereocenters. The fraction of sp³-hybridized carbons (Fsp3) is 0.545. The molecule has 0 aliphatic rings. The van der Waals surface area contributed by atoms with Gasteiger partial charge in [0, 0.05) is 11.7 Å². The van der Waals surface area contributed by atoms with E-state index in [1.165, 1.54) is 0 Å². The molecule has 0 amide bonds. The van der Waals surface area contributed by atoms with E-state index in [1.807, 2.05) is 0 Å². The molecule has 0 bridgehead atoms. The molecule has 0 fully saturated rings. The van der Waals surface area contributed by atoms with Crippen molar-refractivity contribution in [1.29, 1.82) is 0 Å². The van der Waals surface area contributed by atoms with Crippen LogP contribution in [-0.2, 0) is 0 Å². The van der Waals surface area contributed by atoms with Gasteiger partial charge in [-0.1, -0.05) is 13.8 Å². The summed E-state index contributed by atoms with van der Waals surface area (Å²) in [6.45, 7) is 6.53. The number of hydrogen-bond donors (Lipinski definition) is 2. The van der Waals surface area contributed by atoms with Crippen LogP contribution in [0.3, 0.4) is 0 Å². The molecule has 0 saturated heterocycles. The molecule has 4 heteroatoms. The highest BCUT2D eigenvalue weighted by molar-refractivity contribution is 9.10. The lowest BCUT2D eigenvalue weighted by molar-refractivity contribution is 0.478. The standard InChI is InChI=1S/C11H18BrN3/c1-4-11(3,5-2)15-10-8(12)6-14-7-9(10)13/h6-7H,4-5,13H2,1-3H3,(H,14,15). The molecule has 0 aromatic carbocycles. The molecule has 0 aliphatic carbocycles. The minimum Gasteiger partial charge on any atom is -0.396 e. The normalized spacial score (nSPS) is 11.5. The van der Waals surface area contributed by atoms with Gasteiger partial charge in [-0.3, -0.25) is 4.98 Å². The molecule has 0 atom stereocenters. The van der Waals surface area contributed by atoms with Crippen molar-refractivity contribution in [2.75, 3.05) is 11.1 Å². The lowest BCUT2D eigenvalue weighted by Crippen LogP contribution is -2.33. The van der Waals surface area contributed by atoms with E-state index in [0.29, 0.717) is 5.69 Å². The zero-order valence-electron chi connectivity index (χ0n) is 9.47. The molecular weight excluding hydrogens is 254 g/mol. The van der Waals surface area contributed by atoms with Crippen LogP contribution in [-0.4, -0.2) is 10.5 Å². The molecule has 1 heterocycles. The van der Waals surface area contributed by atoms with E-state index < -0.39 is 0 Å². The lowest BCUT2D eigenvalue weighted by Gasteiger charge is -2.30. The smallest absolute Gasteiger partial charge is 0.0754 e. The number of nitrogens with zero attached hydrogens (tertiary/aromatic N) is 1. The summed E-state index contributed by atoms with van der Waals surface area (Å²) in [5.74, 6) is 0. The van der Waals surface area contributed by atoms with Gasteiger partial charge in [0.25, 0.3) is 0 Å². The van der Waals surface area contributed by atoms with Gasteiger partial charge >= 0.3 is 0 Å². The van der Waals surface area contributed by atoms with Crippen molar-refractivity contribution in [2.24, 2.45) is 0 Å². The van der Waals surface area contributed by atoms with Crippen LogP contribution in [0.5, 0.6) is 0 Å². The van der Waals surface area contributed by atoms with E-state index in [9.17, 15) is 0 Å². The second kappa shape index (κ2) is 4.84. The Kier molecular flexibility index (Phi) is 3.97. The molecule has 0 aliphatic heterocycles. The maximum absolute atomic E-state index is 5.88. The Morgan fingerprint density at radius 3 is 2.47 bits per heavy atom. The maximum atomic E-state index is 5.88. The Morgan fingerprint density at radius 1 is 1.40 bits per heavy atom. The molecule has 1 rings (SSSR count). The molecule has 3 N–H and O–H groups in total. The van der Waals surface area contributed by atoms with Gasteiger partial charge in [0.05, 0.1) is 22.0 Å². The molecule has 15 heavy (non-hydrogen) atoms. The van der Waals surface area contributed by atoms with Crippen LogP contribution in [0.4, 0.5) is 11.4 Å². The van der Waals surface area contributed by atoms with E-state index in [-0.39, 0.29) is 5.54 Å². The molecule has 0 spiro atoms. The van der Waals surface area contributed by atoms with E-state index in [4.69, 9.17) is 5.73 Å². The van der Waals surface area contributed by atoms with Crippen LogP contribution < -0.4 is 11.1 Å². The number of pyridine rings is 1. The van der Waals surface area contributed by atoms with Crippen molar-refractivity contribution in [1.82, 2.24) is 4.98 Å². The fourth-order valence-corrected chi connectivity index (χ4v) is 1.76. The molecule has 3 nitrogen and oxygen atoms in total. The number of nitrogen functional groups attached to an aromatic ring is 1. The number of hydrogen-bond acceptors (Lipinski definition) is 3. The van der Waals surface area contributed by atoms with Crippen LogP contribution in [0.15, 0.2) is 16.9 Å². The van der Waals surface area contributed by atoms with Crippen molar-refractivity contribution < 1.29 is 0 Å². The third-order valence-electron chi connectivity index (χ3n) is 2.92. The van der Waals surface area contributed by atoms with Crippen LogP contribution in [0.1, 0.15) is 33.6 Å². The predicted octanol–water partition coefficient (Wildman–Crippen LogP) is 3.42. The van der Waals surface area contributed by atoms with Crippen LogP contribution in [0.25, 0.3) is 0 Å². The Labute approximate surface area is 99.6 Å². The highest BCUT2D eigenvalue weighted by atomic mass is 79.9. The van der Waals surface area contributed by atoms with E-state index >= 15 is 0 Å². The first-order valence-electron chi connectivity index (χ1n) is 5.19. The van der Waals surface area contributed by atoms with Crippen molar-refractivity contribution in [3.05, 3.63) is 16.9 Å². The molecule has 0 radical (unpaired) electrons. The molecule has 0 saturated carbocycles. The van der Waals surface area contributed by atoms with Crippen LogP contribution in [0, 0.1) is 0 Å². The van der Waals surface area contributed by atoms with Gasteiger partial charge in [0.15, 0.2) is 0 Å². The summed E-state index contributed by atoms with van der Waals surface area (Å²) in [6.07, 6.45) is 5.53. The summed E-state index contributed by atoms with van der Waals surface area (Å²) >= 11 is 3.45. The summed E-state index contributed by atoms with van der Waals surface area (Å²) < 4.78 is 0.913. The SMILES string of the molecule is CCC(C)(CC)Nc1c(N)cncc1Br. The summed E-state index contributed by atoms with van der Waals surface area (Å²) in [7, 11) is 0. The second-order valence-corrected chi connectivity index (χ2v) is 4.83. The van der Waals surface area contributed by atoms with Crippen molar-refractivity contribution in [3.8, 4) is 0 Å². The summed E-state index contributed by atoms with van der Waals surface area (Å²) in [4.78, 5) is 4.01. The highest BCUT2D eigenvalue weighted by Crippen LogP contribution is 2.31. The summed E-state index contributed by atoms with van der Waals surface area (Å²) in [5.41, 5.74) is 7.58. The number of halogens is 1. The van der Waals surface area contributed by atoms with Gasteiger partial charge in [-0.15, -0.1) is 0 Å². The topological polar surface area (TPSA) is 50.9 Å². The highest BCUT2D eigenvalue weighted by Gasteiger charge is 2.21. The van der Waals surface area contributed by atoms with Crippen molar-refractivity contribution in [2.45, 2.75) is 39.2 Å². The quantitative estimate of drug-likeness (QED) is 0.883. The molecular formula is C11H18BrN3. The van der Waals surface area contributed by atoms with E-state index in [0.717, 1.165) is 23.0 Å². The fourth-order valence-electron chi connectivity index (χ4n) is 1.31.